The highest BCUT2D eigenvalue weighted by Crippen LogP contribution is 2.37. The van der Waals surface area contributed by atoms with Crippen LogP contribution >= 0.6 is 0 Å². The summed E-state index contributed by atoms with van der Waals surface area (Å²) in [7, 11) is 1.50. The minimum Gasteiger partial charge on any atom is -0.496 e. The van der Waals surface area contributed by atoms with Crippen LogP contribution in [-0.2, 0) is 6.18 Å². The number of nitrogen functional groups attached to an aromatic ring is 1. The first-order valence-corrected chi connectivity index (χ1v) is 7.86. The van der Waals surface area contributed by atoms with Gasteiger partial charge in [-0.05, 0) is 35.9 Å². The number of halogens is 3. The molecular weight excluding hydrogens is 355 g/mol. The van der Waals surface area contributed by atoms with Crippen molar-refractivity contribution in [2.45, 2.75) is 6.18 Å². The van der Waals surface area contributed by atoms with E-state index in [1.807, 2.05) is 6.07 Å². The summed E-state index contributed by atoms with van der Waals surface area (Å²) in [5, 5.41) is 9.44. The first kappa shape index (κ1) is 18.3. The molecule has 0 bridgehead atoms. The Morgan fingerprint density at radius 3 is 2.44 bits per heavy atom. The van der Waals surface area contributed by atoms with Gasteiger partial charge in [0.15, 0.2) is 0 Å². The minimum atomic E-state index is -4.49. The maximum Gasteiger partial charge on any atom is 0.416 e. The van der Waals surface area contributed by atoms with Crippen molar-refractivity contribution in [2.75, 3.05) is 12.8 Å². The normalized spacial score (nSPS) is 11.1. The topological polar surface area (TPSA) is 71.9 Å². The zero-order valence-corrected chi connectivity index (χ0v) is 14.2. The second kappa shape index (κ2) is 7.00. The predicted molar refractivity (Wildman–Crippen MR) is 95.8 cm³/mol. The van der Waals surface area contributed by atoms with Crippen LogP contribution in [0.2, 0.25) is 0 Å². The van der Waals surface area contributed by atoms with E-state index in [0.717, 1.165) is 12.1 Å². The number of hydrogen-bond acceptors (Lipinski definition) is 4. The summed E-state index contributed by atoms with van der Waals surface area (Å²) in [6, 6.07) is 15.3. The number of aromatic nitrogens is 1. The van der Waals surface area contributed by atoms with Crippen LogP contribution in [-0.4, -0.2) is 12.1 Å². The van der Waals surface area contributed by atoms with Crippen LogP contribution in [0.5, 0.6) is 5.75 Å². The number of para-hydroxylation sites is 1. The molecule has 0 aliphatic rings. The highest BCUT2D eigenvalue weighted by atomic mass is 19.4. The highest BCUT2D eigenvalue weighted by molar-refractivity contribution is 5.81. The summed E-state index contributed by atoms with van der Waals surface area (Å²) in [5.41, 5.74) is 6.66. The van der Waals surface area contributed by atoms with Gasteiger partial charge in [-0.15, -0.1) is 0 Å². The molecule has 1 heterocycles. The zero-order valence-electron chi connectivity index (χ0n) is 14.2. The summed E-state index contributed by atoms with van der Waals surface area (Å²) in [6.45, 7) is 0. The third-order valence-corrected chi connectivity index (χ3v) is 4.04. The van der Waals surface area contributed by atoms with Crippen LogP contribution in [0.4, 0.5) is 19.0 Å². The van der Waals surface area contributed by atoms with Gasteiger partial charge in [0, 0.05) is 11.1 Å². The molecule has 0 atom stereocenters. The molecule has 0 saturated heterocycles. The largest absolute Gasteiger partial charge is 0.496 e. The van der Waals surface area contributed by atoms with Crippen LogP contribution < -0.4 is 10.5 Å². The molecule has 4 nitrogen and oxygen atoms in total. The number of nitrogens with zero attached hydrogens (tertiary/aromatic N) is 2. The Kier molecular flexibility index (Phi) is 4.74. The summed E-state index contributed by atoms with van der Waals surface area (Å²) >= 11 is 0. The summed E-state index contributed by atoms with van der Waals surface area (Å²) in [5.74, 6) is 0.470. The van der Waals surface area contributed by atoms with Gasteiger partial charge in [0.1, 0.15) is 23.2 Å². The Balaban J connectivity index is 2.25. The smallest absolute Gasteiger partial charge is 0.416 e. The maximum absolute atomic E-state index is 13.1. The molecule has 0 spiro atoms. The van der Waals surface area contributed by atoms with E-state index in [0.29, 0.717) is 17.0 Å². The fourth-order valence-corrected chi connectivity index (χ4v) is 2.77. The Labute approximate surface area is 153 Å². The lowest BCUT2D eigenvalue weighted by Crippen LogP contribution is -2.05. The Hall–Kier alpha value is -3.53. The van der Waals surface area contributed by atoms with E-state index >= 15 is 0 Å². The van der Waals surface area contributed by atoms with E-state index in [1.165, 1.54) is 19.2 Å². The van der Waals surface area contributed by atoms with Crippen molar-refractivity contribution >= 4 is 5.82 Å². The lowest BCUT2D eigenvalue weighted by atomic mass is 9.96. The highest BCUT2D eigenvalue weighted by Gasteiger charge is 2.30. The fourth-order valence-electron chi connectivity index (χ4n) is 2.77. The maximum atomic E-state index is 13.1. The van der Waals surface area contributed by atoms with Crippen molar-refractivity contribution in [2.24, 2.45) is 0 Å². The number of pyridine rings is 1. The van der Waals surface area contributed by atoms with Crippen LogP contribution in [0.15, 0.2) is 54.6 Å². The third kappa shape index (κ3) is 3.55. The second-order valence-electron chi connectivity index (χ2n) is 5.71. The van der Waals surface area contributed by atoms with Gasteiger partial charge >= 0.3 is 6.18 Å². The first-order chi connectivity index (χ1) is 12.8. The van der Waals surface area contributed by atoms with Gasteiger partial charge in [-0.25, -0.2) is 4.98 Å². The quantitative estimate of drug-likeness (QED) is 0.713. The Morgan fingerprint density at radius 2 is 1.78 bits per heavy atom. The van der Waals surface area contributed by atoms with Crippen molar-refractivity contribution in [3.8, 4) is 34.2 Å². The SMILES string of the molecule is COc1ccccc1-c1cc(-c2cccc(C(F)(F)F)c2)c(C#N)c(N)n1. The van der Waals surface area contributed by atoms with E-state index < -0.39 is 11.7 Å². The average molecular weight is 369 g/mol. The summed E-state index contributed by atoms with van der Waals surface area (Å²) < 4.78 is 44.5. The van der Waals surface area contributed by atoms with Crippen molar-refractivity contribution in [1.82, 2.24) is 4.98 Å². The number of anilines is 1. The minimum absolute atomic E-state index is 0.0213. The molecule has 7 heteroatoms. The predicted octanol–water partition coefficient (Wildman–Crippen LogP) is 4.90. The van der Waals surface area contributed by atoms with E-state index in [2.05, 4.69) is 4.98 Å². The number of alkyl halides is 3. The number of ether oxygens (including phenoxy) is 1. The van der Waals surface area contributed by atoms with Crippen molar-refractivity contribution in [1.29, 1.82) is 5.26 Å². The van der Waals surface area contributed by atoms with E-state index in [-0.39, 0.29) is 22.5 Å². The average Bonchev–Trinajstić information content (AvgIpc) is 2.66. The van der Waals surface area contributed by atoms with Gasteiger partial charge < -0.3 is 10.5 Å². The van der Waals surface area contributed by atoms with Gasteiger partial charge in [-0.3, -0.25) is 0 Å². The fraction of sp³-hybridized carbons (Fsp3) is 0.100. The number of nitriles is 1. The molecule has 3 aromatic rings. The molecule has 0 aliphatic heterocycles. The molecule has 0 fully saturated rings. The van der Waals surface area contributed by atoms with E-state index in [4.69, 9.17) is 10.5 Å². The molecule has 2 aromatic carbocycles. The van der Waals surface area contributed by atoms with E-state index in [9.17, 15) is 18.4 Å². The molecular formula is C20H14F3N3O. The van der Waals surface area contributed by atoms with Gasteiger partial charge in [0.05, 0.1) is 18.4 Å². The number of benzene rings is 2. The van der Waals surface area contributed by atoms with Crippen LogP contribution in [0.25, 0.3) is 22.4 Å². The van der Waals surface area contributed by atoms with Crippen molar-refractivity contribution < 1.29 is 17.9 Å². The molecule has 0 unspecified atom stereocenters. The van der Waals surface area contributed by atoms with Gasteiger partial charge in [0.25, 0.3) is 0 Å². The number of rotatable bonds is 3. The number of nitrogens with two attached hydrogens (primary N) is 1. The summed E-state index contributed by atoms with van der Waals surface area (Å²) in [6.07, 6.45) is -4.49. The molecule has 0 amide bonds. The third-order valence-electron chi connectivity index (χ3n) is 4.04. The van der Waals surface area contributed by atoms with E-state index in [1.54, 1.807) is 30.3 Å². The zero-order chi connectivity index (χ0) is 19.6. The Morgan fingerprint density at radius 1 is 1.04 bits per heavy atom. The van der Waals surface area contributed by atoms with Gasteiger partial charge in [-0.1, -0.05) is 24.3 Å². The first-order valence-electron chi connectivity index (χ1n) is 7.86. The monoisotopic (exact) mass is 369 g/mol. The van der Waals surface area contributed by atoms with Crippen LogP contribution in [0.3, 0.4) is 0 Å². The van der Waals surface area contributed by atoms with Crippen molar-refractivity contribution in [3.63, 3.8) is 0 Å². The standard InChI is InChI=1S/C20H14F3N3O/c1-27-18-8-3-2-7-14(18)17-10-15(16(11-24)19(25)26-17)12-5-4-6-13(9-12)20(21,22)23/h2-10H,1H3,(H2,25,26). The van der Waals surface area contributed by atoms with Gasteiger partial charge in [0.2, 0.25) is 0 Å². The number of methoxy groups -OCH3 is 1. The lowest BCUT2D eigenvalue weighted by Gasteiger charge is -2.14. The van der Waals surface area contributed by atoms with Crippen LogP contribution in [0, 0.1) is 11.3 Å². The molecule has 0 saturated carbocycles. The molecule has 136 valence electrons. The molecule has 1 aromatic heterocycles. The van der Waals surface area contributed by atoms with Crippen LogP contribution in [0.1, 0.15) is 11.1 Å². The molecule has 27 heavy (non-hydrogen) atoms. The number of hydrogen-bond donors (Lipinski definition) is 1. The summed E-state index contributed by atoms with van der Waals surface area (Å²) in [4.78, 5) is 4.23. The molecule has 0 aliphatic carbocycles. The molecule has 3 rings (SSSR count). The second-order valence-corrected chi connectivity index (χ2v) is 5.71. The van der Waals surface area contributed by atoms with Gasteiger partial charge in [-0.2, -0.15) is 18.4 Å². The van der Waals surface area contributed by atoms with Crippen molar-refractivity contribution in [3.05, 3.63) is 65.7 Å². The Bertz CT molecular complexity index is 1040. The molecule has 2 N–H and O–H groups in total. The lowest BCUT2D eigenvalue weighted by molar-refractivity contribution is -0.137. The molecule has 0 radical (unpaired) electrons.